The Bertz CT molecular complexity index is 1450. The molecule has 4 aromatic rings. The number of methoxy groups -OCH3 is 1. The van der Waals surface area contributed by atoms with E-state index in [9.17, 15) is 14.7 Å². The zero-order valence-electron chi connectivity index (χ0n) is 18.4. The van der Waals surface area contributed by atoms with Crippen LogP contribution in [0.25, 0.3) is 22.3 Å². The Morgan fingerprint density at radius 1 is 1.18 bits per heavy atom. The molecular weight excluding hydrogens is 500 g/mol. The summed E-state index contributed by atoms with van der Waals surface area (Å²) in [7, 11) is 1.44. The molecule has 0 radical (unpaired) electrons. The number of aromatic nitrogens is 2. The summed E-state index contributed by atoms with van der Waals surface area (Å²) in [6, 6.07) is 18.6. The van der Waals surface area contributed by atoms with Crippen LogP contribution < -0.4 is 15.7 Å². The molecule has 4 rings (SSSR count). The van der Waals surface area contributed by atoms with Crippen LogP contribution in [-0.4, -0.2) is 33.9 Å². The second kappa shape index (κ2) is 9.88. The lowest BCUT2D eigenvalue weighted by molar-refractivity contribution is -0.123. The van der Waals surface area contributed by atoms with Crippen LogP contribution in [0.5, 0.6) is 11.5 Å². The molecule has 0 spiro atoms. The van der Waals surface area contributed by atoms with Gasteiger partial charge in [0.2, 0.25) is 0 Å². The molecule has 2 N–H and O–H groups in total. The molecular formula is C25H21BrN4O4. The van der Waals surface area contributed by atoms with E-state index in [1.807, 2.05) is 36.4 Å². The van der Waals surface area contributed by atoms with Crippen molar-refractivity contribution in [1.82, 2.24) is 15.0 Å². The molecule has 1 amide bonds. The molecule has 3 aromatic carbocycles. The zero-order valence-corrected chi connectivity index (χ0v) is 20.0. The van der Waals surface area contributed by atoms with Crippen molar-refractivity contribution in [3.63, 3.8) is 0 Å². The highest BCUT2D eigenvalue weighted by Gasteiger charge is 2.22. The number of amides is 1. The molecule has 1 heterocycles. The van der Waals surface area contributed by atoms with Crippen LogP contribution in [0.3, 0.4) is 0 Å². The quantitative estimate of drug-likeness (QED) is 0.292. The lowest BCUT2D eigenvalue weighted by Gasteiger charge is -2.18. The fourth-order valence-electron chi connectivity index (χ4n) is 3.50. The average Bonchev–Trinajstić information content (AvgIpc) is 2.86. The van der Waals surface area contributed by atoms with E-state index in [0.717, 1.165) is 5.56 Å². The molecule has 34 heavy (non-hydrogen) atoms. The second-order valence-electron chi connectivity index (χ2n) is 7.46. The number of nitrogens with one attached hydrogen (secondary N) is 1. The van der Waals surface area contributed by atoms with Gasteiger partial charge in [-0.2, -0.15) is 5.10 Å². The number of rotatable bonds is 6. The van der Waals surface area contributed by atoms with Crippen molar-refractivity contribution in [3.05, 3.63) is 87.1 Å². The lowest BCUT2D eigenvalue weighted by atomic mass is 10.1. The molecule has 0 saturated heterocycles. The summed E-state index contributed by atoms with van der Waals surface area (Å²) in [6.45, 7) is 1.62. The van der Waals surface area contributed by atoms with Crippen molar-refractivity contribution in [2.24, 2.45) is 5.10 Å². The molecule has 0 saturated carbocycles. The van der Waals surface area contributed by atoms with Gasteiger partial charge in [-0.05, 0) is 52.7 Å². The Labute approximate surface area is 203 Å². The van der Waals surface area contributed by atoms with Crippen molar-refractivity contribution in [2.45, 2.75) is 13.0 Å². The number of phenols is 1. The summed E-state index contributed by atoms with van der Waals surface area (Å²) >= 11 is 3.25. The molecule has 0 aliphatic heterocycles. The van der Waals surface area contributed by atoms with Crippen molar-refractivity contribution >= 4 is 39.0 Å². The van der Waals surface area contributed by atoms with Gasteiger partial charge >= 0.3 is 0 Å². The van der Waals surface area contributed by atoms with E-state index in [1.165, 1.54) is 17.9 Å². The second-order valence-corrected chi connectivity index (χ2v) is 8.31. The largest absolute Gasteiger partial charge is 0.503 e. The van der Waals surface area contributed by atoms with Gasteiger partial charge in [0.05, 0.1) is 28.7 Å². The van der Waals surface area contributed by atoms with Crippen molar-refractivity contribution in [2.75, 3.05) is 7.11 Å². The van der Waals surface area contributed by atoms with Crippen LogP contribution >= 0.6 is 15.9 Å². The Hall–Kier alpha value is -3.98. The Morgan fingerprint density at radius 3 is 2.62 bits per heavy atom. The SMILES string of the molecule is COc1cc(/C=N\NC(=O)[C@H](C)n2c(-c3ccccc3)nc3ccccc3c2=O)cc(Br)c1O. The van der Waals surface area contributed by atoms with Gasteiger partial charge in [0, 0.05) is 5.56 Å². The fourth-order valence-corrected chi connectivity index (χ4v) is 3.96. The highest BCUT2D eigenvalue weighted by molar-refractivity contribution is 9.10. The zero-order chi connectivity index (χ0) is 24.2. The summed E-state index contributed by atoms with van der Waals surface area (Å²) in [4.78, 5) is 31.0. The maximum absolute atomic E-state index is 13.4. The monoisotopic (exact) mass is 520 g/mol. The average molecular weight is 521 g/mol. The molecule has 1 aromatic heterocycles. The fraction of sp³-hybridized carbons (Fsp3) is 0.120. The molecule has 0 aliphatic rings. The minimum absolute atomic E-state index is 0.0334. The van der Waals surface area contributed by atoms with E-state index in [1.54, 1.807) is 37.3 Å². The molecule has 9 heteroatoms. The summed E-state index contributed by atoms with van der Waals surface area (Å²) in [6.07, 6.45) is 1.41. The number of benzene rings is 3. The van der Waals surface area contributed by atoms with Crippen molar-refractivity contribution in [1.29, 1.82) is 0 Å². The van der Waals surface area contributed by atoms with E-state index in [4.69, 9.17) is 4.74 Å². The van der Waals surface area contributed by atoms with Crippen LogP contribution in [0.4, 0.5) is 0 Å². The first-order chi connectivity index (χ1) is 16.4. The van der Waals surface area contributed by atoms with Gasteiger partial charge in [0.1, 0.15) is 11.9 Å². The minimum atomic E-state index is -0.891. The van der Waals surface area contributed by atoms with Crippen LogP contribution in [0.2, 0.25) is 0 Å². The number of carbonyl (C=O) groups is 1. The number of para-hydroxylation sites is 1. The van der Waals surface area contributed by atoms with Gasteiger partial charge in [0.25, 0.3) is 11.5 Å². The molecule has 0 fully saturated rings. The number of carbonyl (C=O) groups excluding carboxylic acids is 1. The summed E-state index contributed by atoms with van der Waals surface area (Å²) in [5, 5.41) is 14.4. The first kappa shape index (κ1) is 23.2. The van der Waals surface area contributed by atoms with Crippen molar-refractivity contribution in [3.8, 4) is 22.9 Å². The lowest BCUT2D eigenvalue weighted by Crippen LogP contribution is -2.35. The van der Waals surface area contributed by atoms with Gasteiger partial charge < -0.3 is 9.84 Å². The maximum atomic E-state index is 13.4. The van der Waals surface area contributed by atoms with E-state index in [0.29, 0.717) is 26.8 Å². The van der Waals surface area contributed by atoms with Crippen molar-refractivity contribution < 1.29 is 14.6 Å². The Kier molecular flexibility index (Phi) is 6.74. The summed E-state index contributed by atoms with van der Waals surface area (Å²) in [5.41, 5.74) is 4.02. The maximum Gasteiger partial charge on any atom is 0.263 e. The highest BCUT2D eigenvalue weighted by atomic mass is 79.9. The standard InChI is InChI=1S/C25H21BrN4O4/c1-15(24(32)29-27-14-16-12-19(26)22(31)21(13-16)34-2)30-23(17-8-4-3-5-9-17)28-20-11-7-6-10-18(20)25(30)33/h3-15,31H,1-2H3,(H,29,32)/b27-14-/t15-/m0/s1. The third-order valence-corrected chi connectivity index (χ3v) is 5.87. The van der Waals surface area contributed by atoms with Crippen LogP contribution in [0.1, 0.15) is 18.5 Å². The molecule has 0 bridgehead atoms. The van der Waals surface area contributed by atoms with E-state index < -0.39 is 11.9 Å². The number of halogens is 1. The van der Waals surface area contributed by atoms with Gasteiger partial charge in [-0.3, -0.25) is 14.2 Å². The molecule has 0 aliphatic carbocycles. The van der Waals surface area contributed by atoms with Crippen LogP contribution in [0, 0.1) is 0 Å². The number of fused-ring (bicyclic) bond motifs is 1. The van der Waals surface area contributed by atoms with Crippen LogP contribution in [0.15, 0.2) is 81.1 Å². The Morgan fingerprint density at radius 2 is 1.88 bits per heavy atom. The normalized spacial score (nSPS) is 12.1. The Balaban J connectivity index is 1.67. The third-order valence-electron chi connectivity index (χ3n) is 5.27. The third kappa shape index (κ3) is 4.55. The van der Waals surface area contributed by atoms with Gasteiger partial charge in [-0.15, -0.1) is 0 Å². The number of aromatic hydroxyl groups is 1. The number of nitrogens with zero attached hydrogens (tertiary/aromatic N) is 3. The molecule has 172 valence electrons. The van der Waals surface area contributed by atoms with Gasteiger partial charge in [-0.1, -0.05) is 42.5 Å². The number of ether oxygens (including phenoxy) is 1. The smallest absolute Gasteiger partial charge is 0.263 e. The number of phenolic OH excluding ortho intramolecular Hbond substituents is 1. The molecule has 8 nitrogen and oxygen atoms in total. The van der Waals surface area contributed by atoms with Gasteiger partial charge in [0.15, 0.2) is 11.5 Å². The number of hydrogen-bond acceptors (Lipinski definition) is 6. The first-order valence-electron chi connectivity index (χ1n) is 10.4. The predicted octanol–water partition coefficient (Wildman–Crippen LogP) is 4.25. The summed E-state index contributed by atoms with van der Waals surface area (Å²) < 4.78 is 6.92. The van der Waals surface area contributed by atoms with Crippen LogP contribution in [-0.2, 0) is 4.79 Å². The number of hydrogen-bond donors (Lipinski definition) is 2. The predicted molar refractivity (Wildman–Crippen MR) is 134 cm³/mol. The van der Waals surface area contributed by atoms with E-state index >= 15 is 0 Å². The topological polar surface area (TPSA) is 106 Å². The highest BCUT2D eigenvalue weighted by Crippen LogP contribution is 2.34. The van der Waals surface area contributed by atoms with E-state index in [-0.39, 0.29) is 17.1 Å². The van der Waals surface area contributed by atoms with Gasteiger partial charge in [-0.25, -0.2) is 10.4 Å². The number of hydrazone groups is 1. The molecule has 1 atom stereocenters. The minimum Gasteiger partial charge on any atom is -0.503 e. The van der Waals surface area contributed by atoms with E-state index in [2.05, 4.69) is 31.4 Å². The first-order valence-corrected chi connectivity index (χ1v) is 11.2. The summed E-state index contributed by atoms with van der Waals surface area (Å²) in [5.74, 6) is 0.131. The molecule has 0 unspecified atom stereocenters.